The number of amidine groups is 2. The number of hydrogen-bond donors (Lipinski definition) is 1. The summed E-state index contributed by atoms with van der Waals surface area (Å²) in [5.41, 5.74) is 9.66. The van der Waals surface area contributed by atoms with Crippen molar-refractivity contribution < 1.29 is 0 Å². The van der Waals surface area contributed by atoms with Gasteiger partial charge in [0.25, 0.3) is 0 Å². The summed E-state index contributed by atoms with van der Waals surface area (Å²) in [5, 5.41) is 8.83. The Morgan fingerprint density at radius 1 is 0.544 bits per heavy atom. The molecule has 0 radical (unpaired) electrons. The molecule has 3 aliphatic rings. The minimum Gasteiger partial charge on any atom is -0.344 e. The maximum absolute atomic E-state index is 5.14. The Kier molecular flexibility index (Phi) is 7.43. The van der Waals surface area contributed by atoms with E-state index in [0.717, 1.165) is 28.4 Å². The maximum Gasteiger partial charge on any atom is 0.159 e. The summed E-state index contributed by atoms with van der Waals surface area (Å²) < 4.78 is 5.18. The zero-order valence-corrected chi connectivity index (χ0v) is 32.3. The van der Waals surface area contributed by atoms with Crippen LogP contribution in [-0.4, -0.2) is 17.7 Å². The fourth-order valence-electron chi connectivity index (χ4n) is 9.04. The van der Waals surface area contributed by atoms with Gasteiger partial charge >= 0.3 is 0 Å². The molecule has 3 atom stereocenters. The van der Waals surface area contributed by atoms with Gasteiger partial charge in [0.2, 0.25) is 0 Å². The summed E-state index contributed by atoms with van der Waals surface area (Å²) in [6.45, 7) is 0. The summed E-state index contributed by atoms with van der Waals surface area (Å²) in [6.07, 6.45) is 8.85. The van der Waals surface area contributed by atoms with E-state index in [1.165, 1.54) is 68.4 Å². The van der Waals surface area contributed by atoms with E-state index in [9.17, 15) is 0 Å². The summed E-state index contributed by atoms with van der Waals surface area (Å²) in [5.74, 6) is 1.92. The molecule has 57 heavy (non-hydrogen) atoms. The molecule has 0 spiro atoms. The number of nitrogens with one attached hydrogen (secondary N) is 1. The largest absolute Gasteiger partial charge is 0.344 e. The molecule has 7 aromatic carbocycles. The number of allylic oxidation sites excluding steroid dienone is 2. The fraction of sp³-hybridized carbons (Fsp3) is 0.0588. The molecular weight excluding hydrogens is 733 g/mol. The van der Waals surface area contributed by atoms with Gasteiger partial charge in [-0.3, -0.25) is 0 Å². The van der Waals surface area contributed by atoms with E-state index in [4.69, 9.17) is 9.98 Å². The average Bonchev–Trinajstić information content (AvgIpc) is 3.96. The standard InChI is InChI=1S/C51H34N4S2/c1-3-13-31(14-4-1)49-52-50(32-15-5-2-6-16-32)54-51(53-49)34-25-27-38-40-29-33(26-28-44(40)56-46(38)30-34)35-19-12-24-45-47(35)39-20-11-23-43(48(39)57-45)55-41-21-9-7-17-36(41)37-18-8-10-22-42(37)55/h1-30,36,41,51H,(H,52,53,54). The zero-order chi connectivity index (χ0) is 37.5. The van der Waals surface area contributed by atoms with E-state index in [-0.39, 0.29) is 12.2 Å². The molecule has 0 amide bonds. The highest BCUT2D eigenvalue weighted by Gasteiger charge is 2.38. The molecule has 270 valence electrons. The van der Waals surface area contributed by atoms with Crippen molar-refractivity contribution in [1.82, 2.24) is 5.32 Å². The van der Waals surface area contributed by atoms with E-state index in [2.05, 4.69) is 156 Å². The van der Waals surface area contributed by atoms with Gasteiger partial charge in [0.15, 0.2) is 5.84 Å². The summed E-state index contributed by atoms with van der Waals surface area (Å²) in [4.78, 5) is 12.7. The Hall–Kier alpha value is -6.60. The third kappa shape index (κ3) is 5.25. The molecular formula is C51H34N4S2. The Morgan fingerprint density at radius 2 is 1.33 bits per heavy atom. The molecule has 1 N–H and O–H groups in total. The van der Waals surface area contributed by atoms with Gasteiger partial charge in [-0.2, -0.15) is 0 Å². The van der Waals surface area contributed by atoms with Crippen LogP contribution in [0.15, 0.2) is 192 Å². The van der Waals surface area contributed by atoms with E-state index < -0.39 is 0 Å². The van der Waals surface area contributed by atoms with Crippen LogP contribution in [-0.2, 0) is 0 Å². The van der Waals surface area contributed by atoms with Crippen molar-refractivity contribution in [3.8, 4) is 11.1 Å². The molecule has 0 saturated carbocycles. The lowest BCUT2D eigenvalue weighted by molar-refractivity contribution is 0.675. The molecule has 0 fully saturated rings. The number of aliphatic imine (C=N–C) groups is 2. The second-order valence-corrected chi connectivity index (χ2v) is 17.0. The minimum atomic E-state index is -0.266. The normalized spacial score (nSPS) is 18.5. The molecule has 1 aliphatic carbocycles. The zero-order valence-electron chi connectivity index (χ0n) is 30.7. The molecule has 6 heteroatoms. The van der Waals surface area contributed by atoms with Crippen LogP contribution in [0.1, 0.15) is 34.3 Å². The molecule has 9 aromatic rings. The first-order valence-corrected chi connectivity index (χ1v) is 21.1. The number of thiophene rings is 2. The van der Waals surface area contributed by atoms with Crippen LogP contribution in [0.2, 0.25) is 0 Å². The van der Waals surface area contributed by atoms with Gasteiger partial charge in [-0.25, -0.2) is 9.98 Å². The Balaban J connectivity index is 0.943. The minimum absolute atomic E-state index is 0.266. The lowest BCUT2D eigenvalue weighted by atomic mass is 9.91. The highest BCUT2D eigenvalue weighted by Crippen LogP contribution is 2.52. The number of anilines is 2. The summed E-state index contributed by atoms with van der Waals surface area (Å²) in [7, 11) is 0. The van der Waals surface area contributed by atoms with Crippen molar-refractivity contribution in [3.63, 3.8) is 0 Å². The van der Waals surface area contributed by atoms with Gasteiger partial charge < -0.3 is 10.2 Å². The number of nitrogens with zero attached hydrogens (tertiary/aromatic N) is 3. The second kappa shape index (κ2) is 13.0. The fourth-order valence-corrected chi connectivity index (χ4v) is 11.4. The van der Waals surface area contributed by atoms with Gasteiger partial charge in [-0.05, 0) is 58.7 Å². The van der Waals surface area contributed by atoms with Gasteiger partial charge in [-0.15, -0.1) is 22.7 Å². The quantitative estimate of drug-likeness (QED) is 0.189. The van der Waals surface area contributed by atoms with Crippen molar-refractivity contribution in [2.24, 2.45) is 9.98 Å². The van der Waals surface area contributed by atoms with Crippen LogP contribution in [0.4, 0.5) is 11.4 Å². The third-order valence-electron chi connectivity index (χ3n) is 11.7. The Labute approximate surface area is 338 Å². The summed E-state index contributed by atoms with van der Waals surface area (Å²) >= 11 is 3.76. The van der Waals surface area contributed by atoms with Crippen molar-refractivity contribution in [3.05, 3.63) is 204 Å². The number of fused-ring (bicyclic) bond motifs is 9. The van der Waals surface area contributed by atoms with E-state index >= 15 is 0 Å². The van der Waals surface area contributed by atoms with Crippen molar-refractivity contribution in [2.75, 3.05) is 4.90 Å². The lowest BCUT2D eigenvalue weighted by Crippen LogP contribution is -2.33. The highest BCUT2D eigenvalue weighted by molar-refractivity contribution is 7.26. The summed E-state index contributed by atoms with van der Waals surface area (Å²) in [6, 6.07) is 57.3. The van der Waals surface area contributed by atoms with Gasteiger partial charge in [0.05, 0.1) is 16.4 Å². The van der Waals surface area contributed by atoms with Crippen molar-refractivity contribution in [1.29, 1.82) is 0 Å². The van der Waals surface area contributed by atoms with E-state index in [0.29, 0.717) is 5.92 Å². The predicted octanol–water partition coefficient (Wildman–Crippen LogP) is 13.3. The molecule has 3 unspecified atom stereocenters. The van der Waals surface area contributed by atoms with Crippen LogP contribution >= 0.6 is 22.7 Å². The first-order chi connectivity index (χ1) is 28.2. The molecule has 4 heterocycles. The number of rotatable bonds is 5. The number of hydrogen-bond acceptors (Lipinski definition) is 6. The molecule has 0 saturated heterocycles. The first kappa shape index (κ1) is 32.6. The van der Waals surface area contributed by atoms with Gasteiger partial charge in [0.1, 0.15) is 12.0 Å². The number of para-hydroxylation sites is 1. The van der Waals surface area contributed by atoms with E-state index in [1.807, 2.05) is 59.1 Å². The predicted molar refractivity (Wildman–Crippen MR) is 243 cm³/mol. The maximum atomic E-state index is 5.14. The molecule has 2 aliphatic heterocycles. The van der Waals surface area contributed by atoms with Crippen molar-refractivity contribution >= 4 is 86.1 Å². The van der Waals surface area contributed by atoms with Crippen LogP contribution in [0.25, 0.3) is 51.5 Å². The topological polar surface area (TPSA) is 40.0 Å². The molecule has 0 bridgehead atoms. The average molecular weight is 767 g/mol. The van der Waals surface area contributed by atoms with Crippen LogP contribution in [0, 0.1) is 0 Å². The lowest BCUT2D eigenvalue weighted by Gasteiger charge is -2.29. The van der Waals surface area contributed by atoms with Gasteiger partial charge in [0, 0.05) is 58.4 Å². The number of benzene rings is 7. The van der Waals surface area contributed by atoms with Crippen molar-refractivity contribution in [2.45, 2.75) is 18.1 Å². The van der Waals surface area contributed by atoms with Crippen LogP contribution < -0.4 is 10.2 Å². The van der Waals surface area contributed by atoms with Crippen LogP contribution in [0.5, 0.6) is 0 Å². The van der Waals surface area contributed by atoms with Gasteiger partial charge in [-0.1, -0.05) is 146 Å². The Bertz CT molecular complexity index is 3190. The monoisotopic (exact) mass is 766 g/mol. The highest BCUT2D eigenvalue weighted by atomic mass is 32.1. The SMILES string of the molecule is C1=CC2c3ccccc3N(c3cccc4c3sc3cccc(-c5ccc6sc7cc(C8N=C(c9ccccc9)N=C(c9ccccc9)N8)ccc7c6c5)c34)C2C=C1. The molecule has 4 nitrogen and oxygen atoms in total. The second-order valence-electron chi connectivity index (χ2n) is 14.9. The Morgan fingerprint density at radius 3 is 2.23 bits per heavy atom. The first-order valence-electron chi connectivity index (χ1n) is 19.4. The van der Waals surface area contributed by atoms with Crippen LogP contribution in [0.3, 0.4) is 0 Å². The molecule has 2 aromatic heterocycles. The third-order valence-corrected chi connectivity index (χ3v) is 14.0. The smallest absolute Gasteiger partial charge is 0.159 e. The van der Waals surface area contributed by atoms with E-state index in [1.54, 1.807) is 0 Å². The molecule has 12 rings (SSSR count).